The minimum absolute atomic E-state index is 0.00304. The third-order valence-corrected chi connectivity index (χ3v) is 12.0. The van der Waals surface area contributed by atoms with Crippen molar-refractivity contribution in [3.63, 3.8) is 0 Å². The molecule has 1 saturated heterocycles. The van der Waals surface area contributed by atoms with Gasteiger partial charge < -0.3 is 9.74 Å². The lowest BCUT2D eigenvalue weighted by Crippen LogP contribution is -2.67. The van der Waals surface area contributed by atoms with Gasteiger partial charge in [0.25, 0.3) is 8.32 Å². The van der Waals surface area contributed by atoms with E-state index in [1.165, 1.54) is 35.2 Å². The Morgan fingerprint density at radius 1 is 0.812 bits per heavy atom. The van der Waals surface area contributed by atoms with E-state index in [4.69, 9.17) is 4.43 Å². The third-order valence-electron chi connectivity index (χ3n) is 6.96. The lowest BCUT2D eigenvalue weighted by Gasteiger charge is -2.44. The maximum atomic E-state index is 7.33. The van der Waals surface area contributed by atoms with Crippen molar-refractivity contribution in [1.82, 2.24) is 5.32 Å². The third kappa shape index (κ3) is 4.75. The summed E-state index contributed by atoms with van der Waals surface area (Å²) < 4.78 is 7.33. The second kappa shape index (κ2) is 10.2. The molecule has 32 heavy (non-hydrogen) atoms. The van der Waals surface area contributed by atoms with E-state index in [-0.39, 0.29) is 5.04 Å². The molecule has 3 aromatic carbocycles. The van der Waals surface area contributed by atoms with Crippen molar-refractivity contribution in [2.45, 2.75) is 57.0 Å². The molecule has 0 saturated carbocycles. The molecule has 1 aliphatic heterocycles. The van der Waals surface area contributed by atoms with Crippen molar-refractivity contribution in [1.29, 1.82) is 0 Å². The highest BCUT2D eigenvalue weighted by atomic mass is 28.4. The lowest BCUT2D eigenvalue weighted by atomic mass is 9.87. The van der Waals surface area contributed by atoms with Gasteiger partial charge in [-0.25, -0.2) is 0 Å². The van der Waals surface area contributed by atoms with Crippen LogP contribution in [0, 0.1) is 0 Å². The Balaban J connectivity index is 1.76. The molecule has 1 heterocycles. The monoisotopic (exact) mass is 443 g/mol. The van der Waals surface area contributed by atoms with E-state index in [0.29, 0.717) is 12.0 Å². The van der Waals surface area contributed by atoms with Gasteiger partial charge in [0.05, 0.1) is 0 Å². The van der Waals surface area contributed by atoms with Crippen LogP contribution in [0.15, 0.2) is 91.0 Å². The molecule has 3 aromatic rings. The van der Waals surface area contributed by atoms with Crippen molar-refractivity contribution in [2.24, 2.45) is 0 Å². The number of hydrogen-bond acceptors (Lipinski definition) is 2. The van der Waals surface area contributed by atoms with Gasteiger partial charge in [-0.05, 0) is 40.4 Å². The molecule has 2 atom stereocenters. The lowest BCUT2D eigenvalue weighted by molar-refractivity contribution is 0.226. The molecule has 0 spiro atoms. The Morgan fingerprint density at radius 2 is 1.34 bits per heavy atom. The Bertz CT molecular complexity index is 907. The van der Waals surface area contributed by atoms with Gasteiger partial charge >= 0.3 is 0 Å². The molecule has 0 radical (unpaired) electrons. The molecule has 0 aliphatic carbocycles. The van der Waals surface area contributed by atoms with Crippen LogP contribution in [0.5, 0.6) is 0 Å². The highest BCUT2D eigenvalue weighted by Gasteiger charge is 2.50. The van der Waals surface area contributed by atoms with Gasteiger partial charge in [0.2, 0.25) is 0 Å². The van der Waals surface area contributed by atoms with Crippen molar-refractivity contribution in [3.8, 4) is 0 Å². The Kier molecular flexibility index (Phi) is 7.29. The molecule has 1 N–H and O–H groups in total. The predicted molar refractivity (Wildman–Crippen MR) is 138 cm³/mol. The summed E-state index contributed by atoms with van der Waals surface area (Å²) in [5, 5.41) is 6.50. The summed E-state index contributed by atoms with van der Waals surface area (Å²) in [7, 11) is -2.54. The maximum Gasteiger partial charge on any atom is 0.261 e. The highest BCUT2D eigenvalue weighted by molar-refractivity contribution is 6.99. The van der Waals surface area contributed by atoms with Crippen LogP contribution < -0.4 is 15.7 Å². The van der Waals surface area contributed by atoms with Crippen LogP contribution in [-0.4, -0.2) is 27.5 Å². The van der Waals surface area contributed by atoms with Gasteiger partial charge in [0.15, 0.2) is 0 Å². The molecule has 1 aliphatic rings. The van der Waals surface area contributed by atoms with E-state index in [1.807, 2.05) is 0 Å². The smallest absolute Gasteiger partial charge is 0.261 e. The number of nitrogens with one attached hydrogen (secondary N) is 1. The second-order valence-electron chi connectivity index (χ2n) is 10.0. The second-order valence-corrected chi connectivity index (χ2v) is 14.4. The molecular weight excluding hydrogens is 406 g/mol. The summed E-state index contributed by atoms with van der Waals surface area (Å²) >= 11 is 0. The molecule has 1 fully saturated rings. The van der Waals surface area contributed by atoms with Gasteiger partial charge in [-0.2, -0.15) is 0 Å². The van der Waals surface area contributed by atoms with Crippen LogP contribution in [0.2, 0.25) is 5.04 Å². The summed E-state index contributed by atoms with van der Waals surface area (Å²) in [4.78, 5) is 0. The topological polar surface area (TPSA) is 21.3 Å². The first-order valence-corrected chi connectivity index (χ1v) is 14.0. The van der Waals surface area contributed by atoms with Crippen LogP contribution in [0.4, 0.5) is 0 Å². The summed E-state index contributed by atoms with van der Waals surface area (Å²) in [5.41, 5.74) is 1.38. The summed E-state index contributed by atoms with van der Waals surface area (Å²) in [6.07, 6.45) is 3.78. The molecule has 4 rings (SSSR count). The fraction of sp³-hybridized carbons (Fsp3) is 0.379. The SMILES string of the molecule is CC(C)(C)[Si](OC[C@H](c1ccccc1)[C@H]1CCCCN1)(c1ccccc1)c1ccccc1. The Morgan fingerprint density at radius 3 is 1.81 bits per heavy atom. The molecular formula is C29H37NOSi. The van der Waals surface area contributed by atoms with E-state index < -0.39 is 8.32 Å². The van der Waals surface area contributed by atoms with Gasteiger partial charge in [-0.1, -0.05) is 118 Å². The first kappa shape index (κ1) is 23.0. The number of benzene rings is 3. The molecule has 0 amide bonds. The normalized spacial score (nSPS) is 18.3. The Labute approximate surface area is 195 Å². The minimum atomic E-state index is -2.54. The zero-order chi connectivity index (χ0) is 22.4. The van der Waals surface area contributed by atoms with Gasteiger partial charge in [-0.3, -0.25) is 0 Å². The summed E-state index contributed by atoms with van der Waals surface area (Å²) in [6.45, 7) is 8.91. The van der Waals surface area contributed by atoms with Crippen molar-refractivity contribution < 1.29 is 4.43 Å². The molecule has 0 bridgehead atoms. The zero-order valence-electron chi connectivity index (χ0n) is 19.8. The molecule has 168 valence electrons. The minimum Gasteiger partial charge on any atom is -0.407 e. The molecule has 0 aromatic heterocycles. The Hall–Kier alpha value is -2.20. The predicted octanol–water partition coefficient (Wildman–Crippen LogP) is 5.49. The van der Waals surface area contributed by atoms with Crippen LogP contribution in [0.1, 0.15) is 51.5 Å². The maximum absolute atomic E-state index is 7.33. The number of rotatable bonds is 7. The quantitative estimate of drug-likeness (QED) is 0.488. The standard InChI is InChI=1S/C29H37NOSi/c1-29(2,3)32(25-17-9-5-10-18-25,26-19-11-6-12-20-26)31-23-27(24-15-7-4-8-16-24)28-21-13-14-22-30-28/h4-12,15-20,27-28,30H,13-14,21-23H2,1-3H3/t27-,28-/m1/s1. The summed E-state index contributed by atoms with van der Waals surface area (Å²) in [5.74, 6) is 0.346. The average Bonchev–Trinajstić information content (AvgIpc) is 2.83. The van der Waals surface area contributed by atoms with E-state index >= 15 is 0 Å². The van der Waals surface area contributed by atoms with Crippen molar-refractivity contribution in [2.75, 3.05) is 13.2 Å². The van der Waals surface area contributed by atoms with Crippen molar-refractivity contribution in [3.05, 3.63) is 96.6 Å². The molecule has 0 unspecified atom stereocenters. The molecule has 3 heteroatoms. The van der Waals surface area contributed by atoms with E-state index in [9.17, 15) is 0 Å². The van der Waals surface area contributed by atoms with Gasteiger partial charge in [0.1, 0.15) is 0 Å². The summed E-state index contributed by atoms with van der Waals surface area (Å²) in [6, 6.07) is 33.4. The van der Waals surface area contributed by atoms with Crippen LogP contribution in [-0.2, 0) is 4.43 Å². The van der Waals surface area contributed by atoms with Crippen LogP contribution in [0.25, 0.3) is 0 Å². The average molecular weight is 444 g/mol. The number of hydrogen-bond donors (Lipinski definition) is 1. The van der Waals surface area contributed by atoms with E-state index in [0.717, 1.165) is 13.2 Å². The van der Waals surface area contributed by atoms with Gasteiger partial charge in [0, 0.05) is 18.6 Å². The largest absolute Gasteiger partial charge is 0.407 e. The van der Waals surface area contributed by atoms with Crippen LogP contribution in [0.3, 0.4) is 0 Å². The molecule has 2 nitrogen and oxygen atoms in total. The van der Waals surface area contributed by atoms with E-state index in [2.05, 4.69) is 117 Å². The highest BCUT2D eigenvalue weighted by Crippen LogP contribution is 2.38. The van der Waals surface area contributed by atoms with Crippen LogP contribution >= 0.6 is 0 Å². The number of piperidine rings is 1. The van der Waals surface area contributed by atoms with E-state index in [1.54, 1.807) is 0 Å². The first-order chi connectivity index (χ1) is 15.5. The van der Waals surface area contributed by atoms with Crippen molar-refractivity contribution >= 4 is 18.7 Å². The fourth-order valence-electron chi connectivity index (χ4n) is 5.34. The first-order valence-electron chi connectivity index (χ1n) is 12.1. The van der Waals surface area contributed by atoms with Gasteiger partial charge in [-0.15, -0.1) is 0 Å². The zero-order valence-corrected chi connectivity index (χ0v) is 20.8. The fourth-order valence-corrected chi connectivity index (χ4v) is 9.93.